The average Bonchev–Trinajstić information content (AvgIpc) is 2.24. The second kappa shape index (κ2) is 2.47. The fourth-order valence-corrected chi connectivity index (χ4v) is 2.36. The van der Waals surface area contributed by atoms with Gasteiger partial charge in [-0.1, -0.05) is 0 Å². The van der Waals surface area contributed by atoms with Crippen molar-refractivity contribution in [2.45, 2.75) is 24.7 Å². The molecule has 0 unspecified atom stereocenters. The van der Waals surface area contributed by atoms with Crippen molar-refractivity contribution in [1.82, 2.24) is 9.97 Å². The average molecular weight is 188 g/mol. The van der Waals surface area contributed by atoms with Gasteiger partial charge in [0.2, 0.25) is 11.6 Å². The van der Waals surface area contributed by atoms with Crippen molar-refractivity contribution in [3.05, 3.63) is 23.8 Å². The lowest BCUT2D eigenvalue weighted by atomic mass is 9.69. The molecule has 4 rings (SSSR count). The quantitative estimate of drug-likeness (QED) is 0.559. The lowest BCUT2D eigenvalue weighted by Crippen LogP contribution is -2.40. The van der Waals surface area contributed by atoms with Crippen LogP contribution in [0, 0.1) is 0 Å². The third-order valence-corrected chi connectivity index (χ3v) is 3.04. The van der Waals surface area contributed by atoms with E-state index in [-0.39, 0.29) is 23.4 Å². The van der Waals surface area contributed by atoms with Gasteiger partial charge in [0, 0.05) is 12.4 Å². The molecule has 4 heteroatoms. The Bertz CT molecular complexity index is 401. The van der Waals surface area contributed by atoms with Gasteiger partial charge in [-0.15, -0.1) is 0 Å². The fourth-order valence-electron chi connectivity index (χ4n) is 2.36. The molecule has 0 amide bonds. The van der Waals surface area contributed by atoms with E-state index in [1.165, 1.54) is 0 Å². The zero-order valence-corrected chi connectivity index (χ0v) is 7.43. The Morgan fingerprint density at radius 1 is 0.929 bits per heavy atom. The number of fused-ring (bicyclic) bond motifs is 2. The van der Waals surface area contributed by atoms with E-state index in [1.807, 2.05) is 0 Å². The molecule has 3 aliphatic carbocycles. The van der Waals surface area contributed by atoms with Crippen LogP contribution < -0.4 is 0 Å². The van der Waals surface area contributed by atoms with E-state index < -0.39 is 0 Å². The Kier molecular flexibility index (Phi) is 1.37. The van der Waals surface area contributed by atoms with Crippen LogP contribution >= 0.6 is 0 Å². The number of carbonyl (C=O) groups is 2. The molecular weight excluding hydrogens is 180 g/mol. The van der Waals surface area contributed by atoms with Crippen molar-refractivity contribution < 1.29 is 9.59 Å². The first-order valence-corrected chi connectivity index (χ1v) is 4.68. The summed E-state index contributed by atoms with van der Waals surface area (Å²) < 4.78 is 0. The molecule has 1 aromatic rings. The molecule has 2 atom stereocenters. The highest BCUT2D eigenvalue weighted by molar-refractivity contribution is 6.42. The van der Waals surface area contributed by atoms with Crippen molar-refractivity contribution in [3.63, 3.8) is 0 Å². The molecule has 1 heterocycles. The molecule has 70 valence electrons. The fraction of sp³-hybridized carbons (Fsp3) is 0.400. The van der Waals surface area contributed by atoms with Crippen LogP contribution in [0.25, 0.3) is 0 Å². The molecule has 2 bridgehead atoms. The number of Topliss-reactive ketones (excluding diaryl/α,β-unsaturated/α-hetero) is 2. The zero-order chi connectivity index (χ0) is 9.71. The molecule has 0 aliphatic heterocycles. The summed E-state index contributed by atoms with van der Waals surface area (Å²) in [6.07, 6.45) is 4.66. The molecule has 3 aliphatic rings. The Balaban J connectivity index is 2.27. The molecule has 0 radical (unpaired) electrons. The van der Waals surface area contributed by atoms with Gasteiger partial charge in [-0.25, -0.2) is 0 Å². The monoisotopic (exact) mass is 188 g/mol. The summed E-state index contributed by atoms with van der Waals surface area (Å²) in [7, 11) is 0. The molecule has 0 spiro atoms. The summed E-state index contributed by atoms with van der Waals surface area (Å²) in [6, 6.07) is 0. The van der Waals surface area contributed by atoms with Gasteiger partial charge in [-0.3, -0.25) is 19.6 Å². The molecule has 4 nitrogen and oxygen atoms in total. The first-order chi connectivity index (χ1) is 6.79. The minimum Gasteiger partial charge on any atom is -0.290 e. The summed E-state index contributed by atoms with van der Waals surface area (Å²) in [4.78, 5) is 31.4. The number of aromatic nitrogens is 2. The van der Waals surface area contributed by atoms with Crippen LogP contribution in [0.1, 0.15) is 36.1 Å². The molecule has 0 N–H and O–H groups in total. The van der Waals surface area contributed by atoms with Gasteiger partial charge in [0.05, 0.1) is 23.2 Å². The second-order valence-corrected chi connectivity index (χ2v) is 3.74. The molecule has 14 heavy (non-hydrogen) atoms. The van der Waals surface area contributed by atoms with Crippen LogP contribution in [-0.4, -0.2) is 21.5 Å². The van der Waals surface area contributed by atoms with Gasteiger partial charge in [0.15, 0.2) is 0 Å². The molecular formula is C10H8N2O2. The zero-order valence-electron chi connectivity index (χ0n) is 7.43. The van der Waals surface area contributed by atoms with E-state index in [2.05, 4.69) is 9.97 Å². The smallest absolute Gasteiger partial charge is 0.208 e. The third kappa shape index (κ3) is 0.780. The first-order valence-electron chi connectivity index (χ1n) is 4.68. The minimum absolute atomic E-state index is 0.269. The SMILES string of the molecule is O=C1C(=O)[C@@H]2CC[C@H]1c1nccnc12. The maximum atomic E-state index is 11.5. The summed E-state index contributed by atoms with van der Waals surface area (Å²) in [5.41, 5.74) is 1.46. The van der Waals surface area contributed by atoms with Gasteiger partial charge in [0.1, 0.15) is 0 Å². The lowest BCUT2D eigenvalue weighted by molar-refractivity contribution is -0.141. The highest BCUT2D eigenvalue weighted by Gasteiger charge is 2.46. The Hall–Kier alpha value is -1.58. The molecule has 1 saturated carbocycles. The highest BCUT2D eigenvalue weighted by Crippen LogP contribution is 2.43. The maximum absolute atomic E-state index is 11.5. The summed E-state index contributed by atoms with van der Waals surface area (Å²) >= 11 is 0. The number of hydrogen-bond donors (Lipinski definition) is 0. The van der Waals surface area contributed by atoms with E-state index in [0.717, 1.165) is 24.2 Å². The van der Waals surface area contributed by atoms with Gasteiger partial charge >= 0.3 is 0 Å². The first kappa shape index (κ1) is 7.79. The number of hydrogen-bond acceptors (Lipinski definition) is 4. The van der Waals surface area contributed by atoms with Crippen LogP contribution in [0.3, 0.4) is 0 Å². The molecule has 0 aromatic carbocycles. The number of rotatable bonds is 0. The van der Waals surface area contributed by atoms with Crippen LogP contribution in [-0.2, 0) is 9.59 Å². The number of ketones is 2. The summed E-state index contributed by atoms with van der Waals surface area (Å²) in [5, 5.41) is 0. The van der Waals surface area contributed by atoms with Crippen LogP contribution in [0.2, 0.25) is 0 Å². The van der Waals surface area contributed by atoms with Gasteiger partial charge < -0.3 is 0 Å². The predicted octanol–water partition coefficient (Wildman–Crippen LogP) is 0.589. The van der Waals surface area contributed by atoms with E-state index in [0.29, 0.717) is 0 Å². The standard InChI is InChI=1S/C10H8N2O2/c13-9-5-1-2-6(10(9)14)8-7(5)11-3-4-12-8/h3-6H,1-2H2/t5-,6+. The lowest BCUT2D eigenvalue weighted by Gasteiger charge is -2.33. The molecule has 1 fully saturated rings. The third-order valence-electron chi connectivity index (χ3n) is 3.04. The number of carbonyl (C=O) groups excluding carboxylic acids is 2. The van der Waals surface area contributed by atoms with E-state index >= 15 is 0 Å². The topological polar surface area (TPSA) is 59.9 Å². The molecule has 1 aromatic heterocycles. The van der Waals surface area contributed by atoms with Gasteiger partial charge in [-0.05, 0) is 12.8 Å². The Labute approximate surface area is 80.4 Å². The van der Waals surface area contributed by atoms with E-state index in [1.54, 1.807) is 12.4 Å². The number of nitrogens with zero attached hydrogens (tertiary/aromatic N) is 2. The van der Waals surface area contributed by atoms with E-state index in [4.69, 9.17) is 0 Å². The van der Waals surface area contributed by atoms with E-state index in [9.17, 15) is 9.59 Å². The molecule has 0 saturated heterocycles. The normalized spacial score (nSPS) is 29.1. The van der Waals surface area contributed by atoms with Crippen molar-refractivity contribution in [1.29, 1.82) is 0 Å². The van der Waals surface area contributed by atoms with Crippen molar-refractivity contribution in [3.8, 4) is 0 Å². The Morgan fingerprint density at radius 2 is 1.36 bits per heavy atom. The Morgan fingerprint density at radius 3 is 1.79 bits per heavy atom. The highest BCUT2D eigenvalue weighted by atomic mass is 16.2. The van der Waals surface area contributed by atoms with Crippen molar-refractivity contribution in [2.75, 3.05) is 0 Å². The van der Waals surface area contributed by atoms with Crippen LogP contribution in [0.5, 0.6) is 0 Å². The maximum Gasteiger partial charge on any atom is 0.208 e. The summed E-state index contributed by atoms with van der Waals surface area (Å²) in [5.74, 6) is -1.16. The van der Waals surface area contributed by atoms with Gasteiger partial charge in [0.25, 0.3) is 0 Å². The minimum atomic E-state index is -0.309. The van der Waals surface area contributed by atoms with Crippen LogP contribution in [0.4, 0.5) is 0 Å². The van der Waals surface area contributed by atoms with Gasteiger partial charge in [-0.2, -0.15) is 0 Å². The van der Waals surface area contributed by atoms with Crippen molar-refractivity contribution >= 4 is 11.6 Å². The summed E-state index contributed by atoms with van der Waals surface area (Å²) in [6.45, 7) is 0. The van der Waals surface area contributed by atoms with Crippen LogP contribution in [0.15, 0.2) is 12.4 Å². The largest absolute Gasteiger partial charge is 0.290 e. The van der Waals surface area contributed by atoms with Crippen molar-refractivity contribution in [2.24, 2.45) is 0 Å². The second-order valence-electron chi connectivity index (χ2n) is 3.74. The predicted molar refractivity (Wildman–Crippen MR) is 46.8 cm³/mol.